The van der Waals surface area contributed by atoms with Crippen molar-refractivity contribution in [3.63, 3.8) is 0 Å². The summed E-state index contributed by atoms with van der Waals surface area (Å²) in [5, 5.41) is 6.91. The molecule has 2 aliphatic rings. The Labute approximate surface area is 182 Å². The van der Waals surface area contributed by atoms with Gasteiger partial charge in [0.05, 0.1) is 6.54 Å². The number of amides is 1. The van der Waals surface area contributed by atoms with Crippen molar-refractivity contribution in [3.05, 3.63) is 35.4 Å². The van der Waals surface area contributed by atoms with Crippen LogP contribution in [0.4, 0.5) is 0 Å². The molecule has 2 aliphatic heterocycles. The first kappa shape index (κ1) is 22.6. The van der Waals surface area contributed by atoms with Crippen molar-refractivity contribution in [2.45, 2.75) is 71.5 Å². The average molecular weight is 414 g/mol. The number of nitrogens with one attached hydrogen (secondary N) is 2. The molecular formula is C24H39N5O. The second-order valence-electron chi connectivity index (χ2n) is 8.48. The maximum Gasteiger partial charge on any atom is 0.222 e. The van der Waals surface area contributed by atoms with Gasteiger partial charge in [-0.3, -0.25) is 9.69 Å². The summed E-state index contributed by atoms with van der Waals surface area (Å²) in [6.45, 7) is 10.5. The Morgan fingerprint density at radius 2 is 1.80 bits per heavy atom. The summed E-state index contributed by atoms with van der Waals surface area (Å²) in [4.78, 5) is 21.4. The van der Waals surface area contributed by atoms with E-state index >= 15 is 0 Å². The standard InChI is InChI=1S/C24H39N5O/c1-3-23(30)29-16-13-22(19-29)27-24(25-4-2)26-17-20-11-7-8-12-21(20)18-28-14-9-5-6-10-15-28/h7-8,11-12,22H,3-6,9-10,13-19H2,1-2H3,(H2,25,26,27). The Morgan fingerprint density at radius 1 is 1.07 bits per heavy atom. The zero-order valence-corrected chi connectivity index (χ0v) is 18.8. The van der Waals surface area contributed by atoms with E-state index < -0.39 is 0 Å². The van der Waals surface area contributed by atoms with Crippen molar-refractivity contribution in [2.24, 2.45) is 4.99 Å². The topological polar surface area (TPSA) is 60.0 Å². The number of guanidine groups is 1. The highest BCUT2D eigenvalue weighted by Gasteiger charge is 2.25. The number of likely N-dealkylation sites (tertiary alicyclic amines) is 2. The van der Waals surface area contributed by atoms with Crippen molar-refractivity contribution < 1.29 is 4.79 Å². The van der Waals surface area contributed by atoms with Gasteiger partial charge in [0.25, 0.3) is 0 Å². The van der Waals surface area contributed by atoms with E-state index in [1.807, 2.05) is 11.8 Å². The van der Waals surface area contributed by atoms with E-state index in [1.165, 1.54) is 49.9 Å². The molecule has 1 aromatic carbocycles. The Balaban J connectivity index is 1.61. The van der Waals surface area contributed by atoms with Crippen LogP contribution in [0.15, 0.2) is 29.3 Å². The van der Waals surface area contributed by atoms with Crippen LogP contribution in [0.2, 0.25) is 0 Å². The van der Waals surface area contributed by atoms with Gasteiger partial charge in [-0.25, -0.2) is 4.99 Å². The van der Waals surface area contributed by atoms with E-state index in [0.717, 1.165) is 38.6 Å². The monoisotopic (exact) mass is 413 g/mol. The van der Waals surface area contributed by atoms with Crippen LogP contribution < -0.4 is 10.6 Å². The fraction of sp³-hybridized carbons (Fsp3) is 0.667. The second kappa shape index (κ2) is 11.9. The minimum absolute atomic E-state index is 0.240. The number of carbonyl (C=O) groups excluding carboxylic acids is 1. The minimum atomic E-state index is 0.240. The predicted molar refractivity (Wildman–Crippen MR) is 123 cm³/mol. The summed E-state index contributed by atoms with van der Waals surface area (Å²) in [5.41, 5.74) is 2.69. The van der Waals surface area contributed by atoms with Crippen molar-refractivity contribution in [1.82, 2.24) is 20.4 Å². The fourth-order valence-electron chi connectivity index (χ4n) is 4.41. The summed E-state index contributed by atoms with van der Waals surface area (Å²) in [6.07, 6.45) is 6.91. The average Bonchev–Trinajstić information content (AvgIpc) is 3.08. The van der Waals surface area contributed by atoms with E-state index in [9.17, 15) is 4.79 Å². The smallest absolute Gasteiger partial charge is 0.222 e. The van der Waals surface area contributed by atoms with Crippen LogP contribution in [0.5, 0.6) is 0 Å². The first-order valence-corrected chi connectivity index (χ1v) is 11.8. The van der Waals surface area contributed by atoms with Crippen molar-refractivity contribution >= 4 is 11.9 Å². The van der Waals surface area contributed by atoms with Crippen LogP contribution in [-0.4, -0.2) is 60.4 Å². The lowest BCUT2D eigenvalue weighted by Gasteiger charge is -2.21. The van der Waals surface area contributed by atoms with Crippen molar-refractivity contribution in [3.8, 4) is 0 Å². The number of aliphatic imine (C=N–C) groups is 1. The summed E-state index contributed by atoms with van der Waals surface area (Å²) < 4.78 is 0. The zero-order chi connectivity index (χ0) is 21.2. The molecule has 2 fully saturated rings. The molecule has 2 heterocycles. The highest BCUT2D eigenvalue weighted by Crippen LogP contribution is 2.17. The normalized spacial score (nSPS) is 20.8. The first-order chi connectivity index (χ1) is 14.7. The molecule has 2 N–H and O–H groups in total. The molecule has 6 nitrogen and oxygen atoms in total. The minimum Gasteiger partial charge on any atom is -0.357 e. The van der Waals surface area contributed by atoms with Crippen LogP contribution in [0.25, 0.3) is 0 Å². The highest BCUT2D eigenvalue weighted by atomic mass is 16.2. The van der Waals surface area contributed by atoms with Crippen molar-refractivity contribution in [2.75, 3.05) is 32.7 Å². The Hall–Kier alpha value is -2.08. The lowest BCUT2D eigenvalue weighted by Crippen LogP contribution is -2.45. The summed E-state index contributed by atoms with van der Waals surface area (Å²) in [6, 6.07) is 8.98. The Bertz CT molecular complexity index is 697. The third kappa shape index (κ3) is 6.73. The molecule has 6 heteroatoms. The Morgan fingerprint density at radius 3 is 2.50 bits per heavy atom. The quantitative estimate of drug-likeness (QED) is 0.533. The van der Waals surface area contributed by atoms with Gasteiger partial charge in [0.1, 0.15) is 0 Å². The maximum atomic E-state index is 12.0. The fourth-order valence-corrected chi connectivity index (χ4v) is 4.41. The van der Waals surface area contributed by atoms with E-state index in [1.54, 1.807) is 0 Å². The van der Waals surface area contributed by atoms with Gasteiger partial charge in [0.15, 0.2) is 5.96 Å². The van der Waals surface area contributed by atoms with Crippen LogP contribution >= 0.6 is 0 Å². The molecule has 2 saturated heterocycles. The molecule has 0 bridgehead atoms. The van der Waals surface area contributed by atoms with Gasteiger partial charge in [-0.05, 0) is 50.4 Å². The van der Waals surface area contributed by atoms with Gasteiger partial charge in [-0.2, -0.15) is 0 Å². The Kier molecular flexibility index (Phi) is 9.00. The van der Waals surface area contributed by atoms with Gasteiger partial charge < -0.3 is 15.5 Å². The van der Waals surface area contributed by atoms with Crippen LogP contribution in [0.3, 0.4) is 0 Å². The molecule has 0 aliphatic carbocycles. The zero-order valence-electron chi connectivity index (χ0n) is 18.8. The molecule has 1 aromatic rings. The molecule has 3 rings (SSSR count). The third-order valence-electron chi connectivity index (χ3n) is 6.15. The number of benzene rings is 1. The lowest BCUT2D eigenvalue weighted by atomic mass is 10.1. The van der Waals surface area contributed by atoms with E-state index in [-0.39, 0.29) is 11.9 Å². The molecule has 1 atom stereocenters. The van der Waals surface area contributed by atoms with E-state index in [4.69, 9.17) is 4.99 Å². The largest absolute Gasteiger partial charge is 0.357 e. The third-order valence-corrected chi connectivity index (χ3v) is 6.15. The lowest BCUT2D eigenvalue weighted by molar-refractivity contribution is -0.129. The van der Waals surface area contributed by atoms with Gasteiger partial charge in [0, 0.05) is 38.6 Å². The van der Waals surface area contributed by atoms with Gasteiger partial charge in [-0.1, -0.05) is 44.0 Å². The van der Waals surface area contributed by atoms with Gasteiger partial charge >= 0.3 is 0 Å². The van der Waals surface area contributed by atoms with Crippen LogP contribution in [0, 0.1) is 0 Å². The van der Waals surface area contributed by atoms with Gasteiger partial charge in [-0.15, -0.1) is 0 Å². The van der Waals surface area contributed by atoms with Crippen LogP contribution in [-0.2, 0) is 17.9 Å². The molecule has 0 spiro atoms. The molecule has 30 heavy (non-hydrogen) atoms. The van der Waals surface area contributed by atoms with Gasteiger partial charge in [0.2, 0.25) is 5.91 Å². The molecular weight excluding hydrogens is 374 g/mol. The predicted octanol–water partition coefficient (Wildman–Crippen LogP) is 3.13. The number of hydrogen-bond acceptors (Lipinski definition) is 3. The summed E-state index contributed by atoms with van der Waals surface area (Å²) in [7, 11) is 0. The maximum absolute atomic E-state index is 12.0. The number of carbonyl (C=O) groups is 1. The van der Waals surface area contributed by atoms with Crippen LogP contribution in [0.1, 0.15) is 63.5 Å². The highest BCUT2D eigenvalue weighted by molar-refractivity contribution is 5.80. The second-order valence-corrected chi connectivity index (χ2v) is 8.48. The number of nitrogens with zero attached hydrogens (tertiary/aromatic N) is 3. The van der Waals surface area contributed by atoms with E-state index in [0.29, 0.717) is 13.0 Å². The van der Waals surface area contributed by atoms with Crippen molar-refractivity contribution in [1.29, 1.82) is 0 Å². The SMILES string of the molecule is CCNC(=NCc1ccccc1CN1CCCCCC1)NC1CCN(C(=O)CC)C1. The summed E-state index contributed by atoms with van der Waals surface area (Å²) in [5.74, 6) is 1.08. The van der Waals surface area contributed by atoms with E-state index in [2.05, 4.69) is 46.7 Å². The number of hydrogen-bond donors (Lipinski definition) is 2. The molecule has 0 radical (unpaired) electrons. The molecule has 166 valence electrons. The first-order valence-electron chi connectivity index (χ1n) is 11.8. The molecule has 1 amide bonds. The summed E-state index contributed by atoms with van der Waals surface area (Å²) >= 11 is 0. The number of rotatable bonds is 7. The molecule has 1 unspecified atom stereocenters. The molecule has 0 saturated carbocycles. The molecule has 0 aromatic heterocycles.